The average Bonchev–Trinajstić information content (AvgIpc) is 2.92. The highest BCUT2D eigenvalue weighted by molar-refractivity contribution is 5.77. The predicted molar refractivity (Wildman–Crippen MR) is 84.2 cm³/mol. The van der Waals surface area contributed by atoms with E-state index < -0.39 is 0 Å². The summed E-state index contributed by atoms with van der Waals surface area (Å²) < 4.78 is 13.0. The second-order valence-electron chi connectivity index (χ2n) is 5.18. The predicted octanol–water partition coefficient (Wildman–Crippen LogP) is 3.16. The summed E-state index contributed by atoms with van der Waals surface area (Å²) in [5, 5.41) is 0.891. The van der Waals surface area contributed by atoms with Crippen LogP contribution in [0.3, 0.4) is 0 Å². The molecule has 0 fully saturated rings. The van der Waals surface area contributed by atoms with Crippen LogP contribution in [0.5, 0.6) is 5.75 Å². The van der Waals surface area contributed by atoms with Gasteiger partial charge in [0.1, 0.15) is 17.2 Å². The normalized spacial score (nSPS) is 11.0. The van der Waals surface area contributed by atoms with E-state index in [1.165, 1.54) is 6.07 Å². The summed E-state index contributed by atoms with van der Waals surface area (Å²) in [7, 11) is 0. The van der Waals surface area contributed by atoms with E-state index in [1.54, 1.807) is 12.1 Å². The number of imidazole rings is 1. The molecule has 0 amide bonds. The van der Waals surface area contributed by atoms with Gasteiger partial charge < -0.3 is 13.7 Å². The molecule has 0 atom stereocenters. The van der Waals surface area contributed by atoms with Crippen molar-refractivity contribution in [2.24, 2.45) is 0 Å². The van der Waals surface area contributed by atoms with Gasteiger partial charge in [-0.25, -0.2) is 9.78 Å². The van der Waals surface area contributed by atoms with Crippen LogP contribution in [0.2, 0.25) is 0 Å². The van der Waals surface area contributed by atoms with E-state index in [1.807, 2.05) is 31.5 Å². The maximum Gasteiger partial charge on any atom is 0.336 e. The van der Waals surface area contributed by atoms with Crippen LogP contribution < -0.4 is 10.4 Å². The van der Waals surface area contributed by atoms with Crippen molar-refractivity contribution in [2.45, 2.75) is 26.3 Å². The molecule has 0 radical (unpaired) electrons. The Morgan fingerprint density at radius 1 is 1.23 bits per heavy atom. The van der Waals surface area contributed by atoms with Crippen LogP contribution in [0.15, 0.2) is 51.9 Å². The summed E-state index contributed by atoms with van der Waals surface area (Å²) in [6, 6.07) is 8.71. The lowest BCUT2D eigenvalue weighted by atomic mass is 10.2. The average molecular weight is 298 g/mol. The number of ether oxygens (including phenoxy) is 1. The lowest BCUT2D eigenvalue weighted by Gasteiger charge is -2.08. The van der Waals surface area contributed by atoms with Crippen molar-refractivity contribution in [1.82, 2.24) is 9.55 Å². The Morgan fingerprint density at radius 3 is 2.91 bits per heavy atom. The number of nitrogens with zero attached hydrogens (tertiary/aromatic N) is 2. The van der Waals surface area contributed by atoms with E-state index in [4.69, 9.17) is 9.15 Å². The van der Waals surface area contributed by atoms with Gasteiger partial charge in [0.25, 0.3) is 0 Å². The molecular weight excluding hydrogens is 280 g/mol. The van der Waals surface area contributed by atoms with Gasteiger partial charge in [-0.1, -0.05) is 0 Å². The first-order chi connectivity index (χ1) is 10.7. The molecule has 3 aromatic rings. The zero-order chi connectivity index (χ0) is 15.4. The molecule has 2 heterocycles. The highest BCUT2D eigenvalue weighted by Crippen LogP contribution is 2.19. The second-order valence-corrected chi connectivity index (χ2v) is 5.18. The Bertz CT molecular complexity index is 820. The Labute approximate surface area is 128 Å². The Morgan fingerprint density at radius 2 is 2.09 bits per heavy atom. The van der Waals surface area contributed by atoms with Crippen LogP contribution in [0.25, 0.3) is 11.0 Å². The van der Waals surface area contributed by atoms with Crippen molar-refractivity contribution < 1.29 is 9.15 Å². The molecule has 114 valence electrons. The van der Waals surface area contributed by atoms with Gasteiger partial charge in [0.15, 0.2) is 0 Å². The highest BCUT2D eigenvalue weighted by Gasteiger charge is 2.01. The van der Waals surface area contributed by atoms with E-state index in [9.17, 15) is 4.79 Å². The lowest BCUT2D eigenvalue weighted by molar-refractivity contribution is 0.303. The molecule has 0 N–H and O–H groups in total. The number of rotatable bonds is 6. The first-order valence-electron chi connectivity index (χ1n) is 7.37. The minimum Gasteiger partial charge on any atom is -0.493 e. The minimum atomic E-state index is -0.347. The van der Waals surface area contributed by atoms with E-state index in [-0.39, 0.29) is 5.63 Å². The molecule has 0 spiro atoms. The van der Waals surface area contributed by atoms with Gasteiger partial charge in [-0.15, -0.1) is 0 Å². The van der Waals surface area contributed by atoms with E-state index in [0.29, 0.717) is 12.2 Å². The van der Waals surface area contributed by atoms with Crippen LogP contribution in [-0.2, 0) is 6.54 Å². The molecule has 2 aromatic heterocycles. The third-order valence-electron chi connectivity index (χ3n) is 3.58. The summed E-state index contributed by atoms with van der Waals surface area (Å²) in [6.07, 6.45) is 5.78. The molecule has 0 aliphatic heterocycles. The van der Waals surface area contributed by atoms with Gasteiger partial charge in [0, 0.05) is 36.5 Å². The molecule has 0 saturated carbocycles. The summed E-state index contributed by atoms with van der Waals surface area (Å²) in [5.41, 5.74) is 0.208. The molecular formula is C17H18N2O3. The fourth-order valence-electron chi connectivity index (χ4n) is 2.35. The minimum absolute atomic E-state index is 0.347. The fourth-order valence-corrected chi connectivity index (χ4v) is 2.35. The van der Waals surface area contributed by atoms with E-state index in [0.717, 1.165) is 36.3 Å². The topological polar surface area (TPSA) is 57.3 Å². The van der Waals surface area contributed by atoms with Gasteiger partial charge in [-0.05, 0) is 38.0 Å². The maximum atomic E-state index is 11.2. The van der Waals surface area contributed by atoms with Crippen LogP contribution >= 0.6 is 0 Å². The molecule has 0 aliphatic carbocycles. The molecule has 5 nitrogen and oxygen atoms in total. The van der Waals surface area contributed by atoms with Crippen molar-refractivity contribution in [1.29, 1.82) is 0 Å². The molecule has 0 unspecified atom stereocenters. The largest absolute Gasteiger partial charge is 0.493 e. The standard InChI is InChI=1S/C17H18N2O3/c1-13-18-8-10-19(13)9-2-3-11-21-15-6-4-14-5-7-17(20)22-16(14)12-15/h4-8,10,12H,2-3,9,11H2,1H3. The van der Waals surface area contributed by atoms with Crippen LogP contribution in [-0.4, -0.2) is 16.2 Å². The monoisotopic (exact) mass is 298 g/mol. The molecule has 5 heteroatoms. The van der Waals surface area contributed by atoms with Crippen molar-refractivity contribution in [2.75, 3.05) is 6.61 Å². The van der Waals surface area contributed by atoms with Crippen molar-refractivity contribution >= 4 is 11.0 Å². The van der Waals surface area contributed by atoms with Gasteiger partial charge >= 0.3 is 5.63 Å². The number of aryl methyl sites for hydroxylation is 2. The number of aromatic nitrogens is 2. The fraction of sp³-hybridized carbons (Fsp3) is 0.294. The SMILES string of the molecule is Cc1nccn1CCCCOc1ccc2ccc(=O)oc2c1. The number of hydrogen-bond acceptors (Lipinski definition) is 4. The van der Waals surface area contributed by atoms with Crippen molar-refractivity contribution in [3.8, 4) is 5.75 Å². The first kappa shape index (κ1) is 14.4. The van der Waals surface area contributed by atoms with Crippen molar-refractivity contribution in [3.05, 3.63) is 59.0 Å². The maximum absolute atomic E-state index is 11.2. The summed E-state index contributed by atoms with van der Waals surface area (Å²) in [4.78, 5) is 15.4. The molecule has 1 aromatic carbocycles. The van der Waals surface area contributed by atoms with E-state index in [2.05, 4.69) is 9.55 Å². The number of hydrogen-bond donors (Lipinski definition) is 0. The van der Waals surface area contributed by atoms with Gasteiger partial charge in [-0.3, -0.25) is 0 Å². The van der Waals surface area contributed by atoms with Crippen LogP contribution in [0.1, 0.15) is 18.7 Å². The Kier molecular flexibility index (Phi) is 4.23. The smallest absolute Gasteiger partial charge is 0.336 e. The molecule has 22 heavy (non-hydrogen) atoms. The van der Waals surface area contributed by atoms with Gasteiger partial charge in [0.2, 0.25) is 0 Å². The first-order valence-corrected chi connectivity index (χ1v) is 7.37. The number of unbranched alkanes of at least 4 members (excludes halogenated alkanes) is 1. The Hall–Kier alpha value is -2.56. The highest BCUT2D eigenvalue weighted by atomic mass is 16.5. The molecule has 0 aliphatic rings. The third kappa shape index (κ3) is 3.36. The second kappa shape index (κ2) is 6.47. The zero-order valence-electron chi connectivity index (χ0n) is 12.5. The summed E-state index contributed by atoms with van der Waals surface area (Å²) in [6.45, 7) is 3.58. The zero-order valence-corrected chi connectivity index (χ0v) is 12.5. The van der Waals surface area contributed by atoms with Gasteiger partial charge in [-0.2, -0.15) is 0 Å². The molecule has 0 bridgehead atoms. The van der Waals surface area contributed by atoms with Crippen LogP contribution in [0.4, 0.5) is 0 Å². The van der Waals surface area contributed by atoms with E-state index >= 15 is 0 Å². The number of benzene rings is 1. The number of fused-ring (bicyclic) bond motifs is 1. The van der Waals surface area contributed by atoms with Crippen molar-refractivity contribution in [3.63, 3.8) is 0 Å². The van der Waals surface area contributed by atoms with Crippen LogP contribution in [0, 0.1) is 6.92 Å². The molecule has 0 saturated heterocycles. The lowest BCUT2D eigenvalue weighted by Crippen LogP contribution is -2.03. The molecule has 3 rings (SSSR count). The quantitative estimate of drug-likeness (QED) is 0.518. The third-order valence-corrected chi connectivity index (χ3v) is 3.58. The summed E-state index contributed by atoms with van der Waals surface area (Å²) in [5.74, 6) is 1.76. The summed E-state index contributed by atoms with van der Waals surface area (Å²) >= 11 is 0. The Balaban J connectivity index is 1.51. The van der Waals surface area contributed by atoms with Gasteiger partial charge in [0.05, 0.1) is 6.61 Å².